The average Bonchev–Trinajstić information content (AvgIpc) is 3.17. The molecule has 0 spiro atoms. The first-order valence-corrected chi connectivity index (χ1v) is 12.6. The first-order chi connectivity index (χ1) is 17.4. The predicted octanol–water partition coefficient (Wildman–Crippen LogP) is 6.21. The van der Waals surface area contributed by atoms with Gasteiger partial charge in [0.1, 0.15) is 11.3 Å². The molecule has 0 aliphatic carbocycles. The summed E-state index contributed by atoms with van der Waals surface area (Å²) in [6.07, 6.45) is -3.36. The normalized spacial score (nSPS) is 14.9. The molecule has 0 atom stereocenters. The van der Waals surface area contributed by atoms with Crippen LogP contribution in [0.5, 0.6) is 0 Å². The second kappa shape index (κ2) is 10.5. The summed E-state index contributed by atoms with van der Waals surface area (Å²) in [7, 11) is 1.63. The fraction of sp³-hybridized carbons (Fsp3) is 0.423. The Morgan fingerprint density at radius 3 is 2.46 bits per heavy atom. The van der Waals surface area contributed by atoms with Crippen molar-refractivity contribution < 1.29 is 27.5 Å². The van der Waals surface area contributed by atoms with Crippen molar-refractivity contribution in [3.63, 3.8) is 0 Å². The molecule has 3 heterocycles. The van der Waals surface area contributed by atoms with Gasteiger partial charge >= 0.3 is 12.1 Å². The number of amides is 1. The topological polar surface area (TPSA) is 64.4 Å². The van der Waals surface area contributed by atoms with Crippen LogP contribution in [-0.2, 0) is 29.2 Å². The molecule has 0 unspecified atom stereocenters. The van der Waals surface area contributed by atoms with Gasteiger partial charge in [-0.05, 0) is 62.1 Å². The Balaban J connectivity index is 1.60. The van der Waals surface area contributed by atoms with Gasteiger partial charge in [0.15, 0.2) is 0 Å². The van der Waals surface area contributed by atoms with E-state index >= 15 is 0 Å². The maximum atomic E-state index is 13.3. The molecular formula is C26H26Cl2F3N3O3. The summed E-state index contributed by atoms with van der Waals surface area (Å²) in [6, 6.07) is 5.95. The molecule has 1 aromatic carbocycles. The lowest BCUT2D eigenvalue weighted by Gasteiger charge is -2.31. The van der Waals surface area contributed by atoms with E-state index in [4.69, 9.17) is 27.9 Å². The minimum atomic E-state index is -4.56. The number of alkyl halides is 3. The van der Waals surface area contributed by atoms with Crippen molar-refractivity contribution in [3.8, 4) is 0 Å². The lowest BCUT2D eigenvalue weighted by Crippen LogP contribution is -2.40. The maximum Gasteiger partial charge on any atom is 0.433 e. The van der Waals surface area contributed by atoms with Crippen LogP contribution in [0.1, 0.15) is 52.6 Å². The summed E-state index contributed by atoms with van der Waals surface area (Å²) >= 11 is 13.1. The number of halogens is 5. The molecule has 37 heavy (non-hydrogen) atoms. The molecule has 3 aromatic rings. The Morgan fingerprint density at radius 1 is 1.16 bits per heavy atom. The number of likely N-dealkylation sites (tertiary alicyclic amines) is 1. The molecule has 198 valence electrons. The van der Waals surface area contributed by atoms with Crippen molar-refractivity contribution in [1.82, 2.24) is 14.5 Å². The van der Waals surface area contributed by atoms with Crippen molar-refractivity contribution in [2.45, 2.75) is 39.3 Å². The van der Waals surface area contributed by atoms with Crippen LogP contribution in [-0.4, -0.2) is 46.0 Å². The fourth-order valence-electron chi connectivity index (χ4n) is 4.67. The summed E-state index contributed by atoms with van der Waals surface area (Å²) in [5.74, 6) is -0.750. The van der Waals surface area contributed by atoms with Gasteiger partial charge in [0.2, 0.25) is 0 Å². The van der Waals surface area contributed by atoms with E-state index in [1.165, 1.54) is 0 Å². The van der Waals surface area contributed by atoms with Crippen LogP contribution in [0.25, 0.3) is 11.0 Å². The number of pyridine rings is 1. The molecule has 1 aliphatic rings. The van der Waals surface area contributed by atoms with Gasteiger partial charge in [-0.25, -0.2) is 4.98 Å². The average molecular weight is 556 g/mol. The van der Waals surface area contributed by atoms with Gasteiger partial charge in [0, 0.05) is 42.7 Å². The molecule has 0 saturated carbocycles. The molecule has 1 amide bonds. The first kappa shape index (κ1) is 27.3. The lowest BCUT2D eigenvalue weighted by atomic mass is 9.96. The SMILES string of the molecule is CCOC(=O)C1CCN(C(=O)c2ccc(Cl)c(Cc3cc4c(C)cc(C(F)(F)F)nc4n3C)c2Cl)CC1. The Hall–Kier alpha value is -2.78. The van der Waals surface area contributed by atoms with Gasteiger partial charge in [-0.3, -0.25) is 9.59 Å². The number of fused-ring (bicyclic) bond motifs is 1. The van der Waals surface area contributed by atoms with Gasteiger partial charge in [-0.1, -0.05) is 23.2 Å². The van der Waals surface area contributed by atoms with Crippen LogP contribution in [0.3, 0.4) is 0 Å². The van der Waals surface area contributed by atoms with Crippen LogP contribution in [0.15, 0.2) is 24.3 Å². The minimum absolute atomic E-state index is 0.191. The second-order valence-electron chi connectivity index (χ2n) is 9.14. The van der Waals surface area contributed by atoms with Crippen molar-refractivity contribution >= 4 is 46.1 Å². The lowest BCUT2D eigenvalue weighted by molar-refractivity contribution is -0.149. The zero-order chi connectivity index (χ0) is 27.1. The molecule has 1 aliphatic heterocycles. The van der Waals surface area contributed by atoms with Crippen molar-refractivity contribution in [2.24, 2.45) is 13.0 Å². The van der Waals surface area contributed by atoms with E-state index in [0.717, 1.165) is 6.07 Å². The smallest absolute Gasteiger partial charge is 0.433 e. The molecule has 4 rings (SSSR count). The van der Waals surface area contributed by atoms with E-state index in [1.807, 2.05) is 0 Å². The number of rotatable bonds is 5. The Bertz CT molecular complexity index is 1360. The number of hydrogen-bond donors (Lipinski definition) is 0. The van der Waals surface area contributed by atoms with Crippen LogP contribution in [0.2, 0.25) is 10.0 Å². The van der Waals surface area contributed by atoms with E-state index in [0.29, 0.717) is 59.8 Å². The summed E-state index contributed by atoms with van der Waals surface area (Å²) in [6.45, 7) is 4.47. The highest BCUT2D eigenvalue weighted by Gasteiger charge is 2.34. The number of hydrogen-bond acceptors (Lipinski definition) is 4. The third kappa shape index (κ3) is 5.43. The third-order valence-corrected chi connectivity index (χ3v) is 7.56. The summed E-state index contributed by atoms with van der Waals surface area (Å²) in [4.78, 5) is 30.8. The summed E-state index contributed by atoms with van der Waals surface area (Å²) < 4.78 is 46.5. The van der Waals surface area contributed by atoms with Crippen LogP contribution in [0, 0.1) is 12.8 Å². The number of carbonyl (C=O) groups excluding carboxylic acids is 2. The van der Waals surface area contributed by atoms with Gasteiger partial charge in [0.05, 0.1) is 23.1 Å². The predicted molar refractivity (Wildman–Crippen MR) is 135 cm³/mol. The van der Waals surface area contributed by atoms with E-state index in [9.17, 15) is 22.8 Å². The van der Waals surface area contributed by atoms with Crippen LogP contribution in [0.4, 0.5) is 13.2 Å². The van der Waals surface area contributed by atoms with E-state index in [-0.39, 0.29) is 40.4 Å². The van der Waals surface area contributed by atoms with Crippen molar-refractivity contribution in [2.75, 3.05) is 19.7 Å². The number of carbonyl (C=O) groups is 2. The van der Waals surface area contributed by atoms with Gasteiger partial charge in [0.25, 0.3) is 5.91 Å². The molecule has 0 N–H and O–H groups in total. The number of nitrogens with zero attached hydrogens (tertiary/aromatic N) is 3. The Morgan fingerprint density at radius 2 is 1.84 bits per heavy atom. The van der Waals surface area contributed by atoms with Gasteiger partial charge in [-0.15, -0.1) is 0 Å². The largest absolute Gasteiger partial charge is 0.466 e. The zero-order valence-electron chi connectivity index (χ0n) is 20.6. The zero-order valence-corrected chi connectivity index (χ0v) is 22.1. The van der Waals surface area contributed by atoms with E-state index in [1.54, 1.807) is 48.6 Å². The molecule has 2 aromatic heterocycles. The van der Waals surface area contributed by atoms with Gasteiger partial charge < -0.3 is 14.2 Å². The molecule has 0 radical (unpaired) electrons. The Kier molecular flexibility index (Phi) is 7.76. The third-order valence-electron chi connectivity index (χ3n) is 6.77. The molecule has 11 heteroatoms. The number of aromatic nitrogens is 2. The van der Waals surface area contributed by atoms with Gasteiger partial charge in [-0.2, -0.15) is 13.2 Å². The standard InChI is InChI=1S/C26H26Cl2F3N3O3/c1-4-37-25(36)15-7-9-34(10-8-15)24(35)17-5-6-20(27)19(22(17)28)13-16-12-18-14(2)11-21(26(29,30)31)32-23(18)33(16)3/h5-6,11-12,15H,4,7-10,13H2,1-3H3. The summed E-state index contributed by atoms with van der Waals surface area (Å²) in [5.41, 5.74) is 1.12. The molecule has 0 bridgehead atoms. The molecule has 1 fully saturated rings. The van der Waals surface area contributed by atoms with Crippen molar-refractivity contribution in [3.05, 3.63) is 62.4 Å². The number of benzene rings is 1. The molecule has 1 saturated heterocycles. The Labute approximate surface area is 222 Å². The maximum absolute atomic E-state index is 13.3. The number of ether oxygens (including phenoxy) is 1. The number of esters is 1. The number of piperidine rings is 1. The first-order valence-electron chi connectivity index (χ1n) is 11.9. The second-order valence-corrected chi connectivity index (χ2v) is 9.92. The highest BCUT2D eigenvalue weighted by Crippen LogP contribution is 2.35. The quantitative estimate of drug-likeness (QED) is 0.351. The molecule has 6 nitrogen and oxygen atoms in total. The van der Waals surface area contributed by atoms with Crippen LogP contribution >= 0.6 is 23.2 Å². The fourth-order valence-corrected chi connectivity index (χ4v) is 5.25. The highest BCUT2D eigenvalue weighted by molar-refractivity contribution is 6.38. The minimum Gasteiger partial charge on any atom is -0.466 e. The van der Waals surface area contributed by atoms with Crippen molar-refractivity contribution in [1.29, 1.82) is 0 Å². The summed E-state index contributed by atoms with van der Waals surface area (Å²) in [5, 5.41) is 1.12. The van der Waals surface area contributed by atoms with E-state index in [2.05, 4.69) is 4.98 Å². The molecular weight excluding hydrogens is 530 g/mol. The monoisotopic (exact) mass is 555 g/mol. The number of aryl methyl sites for hydroxylation is 2. The highest BCUT2D eigenvalue weighted by atomic mass is 35.5. The van der Waals surface area contributed by atoms with Crippen LogP contribution < -0.4 is 0 Å². The van der Waals surface area contributed by atoms with E-state index < -0.39 is 11.9 Å².